The van der Waals surface area contributed by atoms with Gasteiger partial charge in [0.15, 0.2) is 5.76 Å². The van der Waals surface area contributed by atoms with Gasteiger partial charge < -0.3 is 14.9 Å². The van der Waals surface area contributed by atoms with Gasteiger partial charge in [-0.1, -0.05) is 55.5 Å². The molecular formula is C27H27N3O3. The number of aryl methyl sites for hydroxylation is 2. The average molecular weight is 442 g/mol. The molecule has 0 spiro atoms. The van der Waals surface area contributed by atoms with Gasteiger partial charge in [-0.25, -0.2) is 0 Å². The third-order valence-electron chi connectivity index (χ3n) is 7.39. The summed E-state index contributed by atoms with van der Waals surface area (Å²) in [4.78, 5) is 29.5. The molecule has 2 heterocycles. The summed E-state index contributed by atoms with van der Waals surface area (Å²) in [6.07, 6.45) is 1.85. The number of ketones is 1. The second-order valence-electron chi connectivity index (χ2n) is 9.32. The second kappa shape index (κ2) is 8.08. The number of hydrogen-bond donors (Lipinski definition) is 1. The topological polar surface area (TPSA) is 84.6 Å². The Bertz CT molecular complexity index is 1160. The van der Waals surface area contributed by atoms with Crippen molar-refractivity contribution in [2.45, 2.75) is 44.7 Å². The second-order valence-corrected chi connectivity index (χ2v) is 9.32. The van der Waals surface area contributed by atoms with Crippen molar-refractivity contribution in [3.05, 3.63) is 82.2 Å². The Balaban J connectivity index is 1.73. The van der Waals surface area contributed by atoms with Gasteiger partial charge in [-0.15, -0.1) is 0 Å². The van der Waals surface area contributed by atoms with Gasteiger partial charge in [0.05, 0.1) is 12.1 Å². The Morgan fingerprint density at radius 3 is 2.15 bits per heavy atom. The highest BCUT2D eigenvalue weighted by Gasteiger charge is 2.48. The van der Waals surface area contributed by atoms with Crippen molar-refractivity contribution in [2.75, 3.05) is 13.1 Å². The van der Waals surface area contributed by atoms with E-state index >= 15 is 0 Å². The van der Waals surface area contributed by atoms with Gasteiger partial charge in [0.1, 0.15) is 11.7 Å². The predicted molar refractivity (Wildman–Crippen MR) is 123 cm³/mol. The van der Waals surface area contributed by atoms with E-state index in [0.717, 1.165) is 12.8 Å². The van der Waals surface area contributed by atoms with Gasteiger partial charge in [-0.05, 0) is 42.0 Å². The van der Waals surface area contributed by atoms with E-state index in [-0.39, 0.29) is 17.7 Å². The number of nitriles is 1. The van der Waals surface area contributed by atoms with Crippen LogP contribution in [-0.4, -0.2) is 51.8 Å². The molecule has 0 bridgehead atoms. The van der Waals surface area contributed by atoms with Crippen molar-refractivity contribution in [2.24, 2.45) is 5.92 Å². The van der Waals surface area contributed by atoms with Crippen LogP contribution < -0.4 is 0 Å². The number of benzene rings is 2. The molecular weight excluding hydrogens is 414 g/mol. The van der Waals surface area contributed by atoms with Crippen molar-refractivity contribution in [3.8, 4) is 6.07 Å². The number of carbonyl (C=O) groups is 2. The van der Waals surface area contributed by atoms with E-state index < -0.39 is 29.4 Å². The zero-order valence-corrected chi connectivity index (χ0v) is 18.9. The maximum absolute atomic E-state index is 13.4. The first kappa shape index (κ1) is 21.3. The van der Waals surface area contributed by atoms with Gasteiger partial charge in [0.2, 0.25) is 5.78 Å². The summed E-state index contributed by atoms with van der Waals surface area (Å²) in [5.41, 5.74) is 4.98. The maximum atomic E-state index is 13.4. The zero-order valence-electron chi connectivity index (χ0n) is 18.9. The molecule has 2 aromatic rings. The normalized spacial score (nSPS) is 23.9. The number of aliphatic hydroxyl groups is 1. The number of hydrogen-bond acceptors (Lipinski definition) is 5. The fourth-order valence-electron chi connectivity index (χ4n) is 5.67. The first-order valence-corrected chi connectivity index (χ1v) is 11.5. The molecule has 1 N–H and O–H groups in total. The van der Waals surface area contributed by atoms with Crippen molar-refractivity contribution in [1.82, 2.24) is 9.80 Å². The number of aliphatic hydroxyl groups excluding tert-OH is 1. The molecule has 1 aliphatic carbocycles. The number of nitrogens with zero attached hydrogens (tertiary/aromatic N) is 3. The molecule has 33 heavy (non-hydrogen) atoms. The molecule has 1 saturated heterocycles. The number of rotatable bonds is 2. The van der Waals surface area contributed by atoms with Gasteiger partial charge in [0, 0.05) is 24.9 Å². The van der Waals surface area contributed by atoms with Crippen molar-refractivity contribution >= 4 is 11.7 Å². The number of piperazine rings is 1. The molecule has 6 nitrogen and oxygen atoms in total. The van der Waals surface area contributed by atoms with Gasteiger partial charge in [-0.3, -0.25) is 9.59 Å². The number of amides is 1. The minimum Gasteiger partial charge on any atom is -0.503 e. The van der Waals surface area contributed by atoms with Crippen LogP contribution in [0.3, 0.4) is 0 Å². The summed E-state index contributed by atoms with van der Waals surface area (Å²) >= 11 is 0. The lowest BCUT2D eigenvalue weighted by Crippen LogP contribution is -2.61. The molecule has 2 aromatic carbocycles. The Hall–Kier alpha value is -3.59. The van der Waals surface area contributed by atoms with Crippen LogP contribution in [0.4, 0.5) is 0 Å². The highest BCUT2D eigenvalue weighted by atomic mass is 16.3. The van der Waals surface area contributed by atoms with Crippen molar-refractivity contribution < 1.29 is 14.7 Å². The Labute approximate surface area is 193 Å². The van der Waals surface area contributed by atoms with Crippen LogP contribution in [0.1, 0.15) is 42.0 Å². The maximum Gasteiger partial charge on any atom is 0.275 e. The van der Waals surface area contributed by atoms with Crippen LogP contribution in [0.15, 0.2) is 60.0 Å². The lowest BCUT2D eigenvalue weighted by Gasteiger charge is -2.50. The molecule has 0 saturated carbocycles. The fourth-order valence-corrected chi connectivity index (χ4v) is 5.67. The Morgan fingerprint density at radius 1 is 1.00 bits per heavy atom. The summed E-state index contributed by atoms with van der Waals surface area (Å²) < 4.78 is 0. The number of carbonyl (C=O) groups excluding carboxylic acids is 2. The Kier molecular flexibility index (Phi) is 5.20. The van der Waals surface area contributed by atoms with Crippen molar-refractivity contribution in [1.29, 1.82) is 5.26 Å². The third kappa shape index (κ3) is 3.31. The summed E-state index contributed by atoms with van der Waals surface area (Å²) in [6, 6.07) is 18.1. The summed E-state index contributed by atoms with van der Waals surface area (Å²) in [6.45, 7) is 4.18. The van der Waals surface area contributed by atoms with E-state index in [0.29, 0.717) is 13.1 Å². The Morgan fingerprint density at radius 2 is 1.58 bits per heavy atom. The van der Waals surface area contributed by atoms with E-state index in [1.54, 1.807) is 13.8 Å². The molecule has 6 heteroatoms. The minimum absolute atomic E-state index is 0.0376. The van der Waals surface area contributed by atoms with Crippen LogP contribution in [0.25, 0.3) is 0 Å². The lowest BCUT2D eigenvalue weighted by atomic mass is 9.79. The molecule has 3 unspecified atom stereocenters. The lowest BCUT2D eigenvalue weighted by molar-refractivity contribution is -0.139. The van der Waals surface area contributed by atoms with Gasteiger partial charge >= 0.3 is 0 Å². The molecule has 5 rings (SSSR count). The monoisotopic (exact) mass is 441 g/mol. The molecule has 0 aromatic heterocycles. The number of Topliss-reactive ketones (excluding diaryl/α,β-unsaturated/α-hetero) is 1. The van der Waals surface area contributed by atoms with Crippen LogP contribution in [0.5, 0.6) is 0 Å². The summed E-state index contributed by atoms with van der Waals surface area (Å²) in [5, 5.41) is 20.4. The SMILES string of the molecule is CC1CN2C(=C(O)C1=O)C(=O)N(C(C)C#N)CC2C1c2ccccc2CCc2ccccc21. The van der Waals surface area contributed by atoms with Crippen LogP contribution in [-0.2, 0) is 22.4 Å². The quantitative estimate of drug-likeness (QED) is 0.773. The zero-order chi connectivity index (χ0) is 23.3. The van der Waals surface area contributed by atoms with Gasteiger partial charge in [0.25, 0.3) is 5.91 Å². The standard InChI is InChI=1S/C27H27N3O3/c1-16-14-30-22(15-29(17(2)13-28)27(33)24(30)26(32)25(16)31)23-20-9-5-3-7-18(20)11-12-19-8-4-6-10-21(19)23/h3-10,16-17,22-23,32H,11-12,14-15H2,1-2H3. The first-order valence-electron chi connectivity index (χ1n) is 11.5. The highest BCUT2D eigenvalue weighted by Crippen LogP contribution is 2.43. The van der Waals surface area contributed by atoms with Crippen LogP contribution in [0, 0.1) is 17.2 Å². The molecule has 1 amide bonds. The first-order chi connectivity index (χ1) is 15.9. The number of allylic oxidation sites excluding steroid dienone is 1. The largest absolute Gasteiger partial charge is 0.503 e. The van der Waals surface area contributed by atoms with Gasteiger partial charge in [-0.2, -0.15) is 5.26 Å². The minimum atomic E-state index is -0.673. The van der Waals surface area contributed by atoms with E-state index in [9.17, 15) is 20.0 Å². The number of fused-ring (bicyclic) bond motifs is 3. The summed E-state index contributed by atoms with van der Waals surface area (Å²) in [5.74, 6) is -1.83. The van der Waals surface area contributed by atoms with E-state index in [4.69, 9.17) is 0 Å². The highest BCUT2D eigenvalue weighted by molar-refractivity contribution is 6.06. The summed E-state index contributed by atoms with van der Waals surface area (Å²) in [7, 11) is 0. The molecule has 3 atom stereocenters. The third-order valence-corrected chi connectivity index (χ3v) is 7.39. The van der Waals surface area contributed by atoms with E-state index in [1.165, 1.54) is 27.2 Å². The smallest absolute Gasteiger partial charge is 0.275 e. The van der Waals surface area contributed by atoms with E-state index in [1.807, 2.05) is 17.0 Å². The molecule has 2 aliphatic heterocycles. The predicted octanol–water partition coefficient (Wildman–Crippen LogP) is 3.33. The van der Waals surface area contributed by atoms with Crippen LogP contribution >= 0.6 is 0 Å². The van der Waals surface area contributed by atoms with Crippen LogP contribution in [0.2, 0.25) is 0 Å². The van der Waals surface area contributed by atoms with E-state index in [2.05, 4.69) is 42.5 Å². The molecule has 168 valence electrons. The molecule has 0 radical (unpaired) electrons. The average Bonchev–Trinajstić information content (AvgIpc) is 2.99. The fraction of sp³-hybridized carbons (Fsp3) is 0.370. The molecule has 3 aliphatic rings. The molecule has 1 fully saturated rings. The van der Waals surface area contributed by atoms with Crippen molar-refractivity contribution in [3.63, 3.8) is 0 Å².